The monoisotopic (exact) mass is 228 g/mol. The van der Waals surface area contributed by atoms with Crippen LogP contribution in [-0.4, -0.2) is 17.8 Å². The zero-order valence-corrected chi connectivity index (χ0v) is 10.2. The van der Waals surface area contributed by atoms with Gasteiger partial charge in [0.2, 0.25) is 0 Å². The zero-order valence-electron chi connectivity index (χ0n) is 10.2. The SMILES string of the molecule is C=C1N=C(C)N(Cc2ccccc2)C=C1OC. The average Bonchev–Trinajstić information content (AvgIpc) is 2.34. The molecule has 17 heavy (non-hydrogen) atoms. The molecule has 1 heterocycles. The fraction of sp³-hybridized carbons (Fsp3) is 0.214. The fourth-order valence-electron chi connectivity index (χ4n) is 1.73. The van der Waals surface area contributed by atoms with E-state index in [0.717, 1.165) is 12.4 Å². The van der Waals surface area contributed by atoms with Gasteiger partial charge < -0.3 is 9.64 Å². The van der Waals surface area contributed by atoms with E-state index in [1.807, 2.05) is 31.3 Å². The van der Waals surface area contributed by atoms with E-state index in [4.69, 9.17) is 4.74 Å². The number of hydrogen-bond acceptors (Lipinski definition) is 3. The van der Waals surface area contributed by atoms with Gasteiger partial charge in [-0.1, -0.05) is 36.9 Å². The summed E-state index contributed by atoms with van der Waals surface area (Å²) in [6, 6.07) is 10.3. The standard InChI is InChI=1S/C14H16N2O/c1-11-14(17-3)10-16(12(2)15-11)9-13-7-5-4-6-8-13/h4-8,10H,1,9H2,2-3H3. The molecule has 1 aliphatic heterocycles. The number of ether oxygens (including phenoxy) is 1. The van der Waals surface area contributed by atoms with Gasteiger partial charge in [0.25, 0.3) is 0 Å². The number of benzene rings is 1. The maximum absolute atomic E-state index is 5.23. The molecular weight excluding hydrogens is 212 g/mol. The highest BCUT2D eigenvalue weighted by Gasteiger charge is 2.15. The summed E-state index contributed by atoms with van der Waals surface area (Å²) in [5.74, 6) is 1.64. The van der Waals surface area contributed by atoms with Gasteiger partial charge in [0.05, 0.1) is 7.11 Å². The van der Waals surface area contributed by atoms with Gasteiger partial charge in [-0.2, -0.15) is 0 Å². The summed E-state index contributed by atoms with van der Waals surface area (Å²) in [4.78, 5) is 6.43. The van der Waals surface area contributed by atoms with Gasteiger partial charge in [0, 0.05) is 12.7 Å². The lowest BCUT2D eigenvalue weighted by atomic mass is 10.2. The van der Waals surface area contributed by atoms with Crippen molar-refractivity contribution in [3.8, 4) is 0 Å². The molecule has 0 bridgehead atoms. The van der Waals surface area contributed by atoms with Crippen LogP contribution in [0.2, 0.25) is 0 Å². The van der Waals surface area contributed by atoms with Crippen LogP contribution in [0.1, 0.15) is 12.5 Å². The molecule has 0 saturated heterocycles. The zero-order chi connectivity index (χ0) is 12.3. The van der Waals surface area contributed by atoms with Gasteiger partial charge >= 0.3 is 0 Å². The number of methoxy groups -OCH3 is 1. The summed E-state index contributed by atoms with van der Waals surface area (Å²) >= 11 is 0. The molecular formula is C14H16N2O. The third-order valence-corrected chi connectivity index (χ3v) is 2.69. The minimum Gasteiger partial charge on any atom is -0.493 e. The highest BCUT2D eigenvalue weighted by molar-refractivity contribution is 5.83. The molecule has 0 atom stereocenters. The fourth-order valence-corrected chi connectivity index (χ4v) is 1.73. The average molecular weight is 228 g/mol. The highest BCUT2D eigenvalue weighted by atomic mass is 16.5. The lowest BCUT2D eigenvalue weighted by Crippen LogP contribution is -2.26. The molecule has 1 aromatic carbocycles. The van der Waals surface area contributed by atoms with Gasteiger partial charge in [-0.25, -0.2) is 4.99 Å². The Kier molecular flexibility index (Phi) is 3.28. The molecule has 0 spiro atoms. The quantitative estimate of drug-likeness (QED) is 0.794. The Labute approximate surface area is 102 Å². The first-order valence-corrected chi connectivity index (χ1v) is 5.51. The van der Waals surface area contributed by atoms with E-state index < -0.39 is 0 Å². The normalized spacial score (nSPS) is 15.4. The van der Waals surface area contributed by atoms with Crippen LogP contribution < -0.4 is 0 Å². The molecule has 0 N–H and O–H groups in total. The summed E-state index contributed by atoms with van der Waals surface area (Å²) in [7, 11) is 1.63. The first kappa shape index (κ1) is 11.5. The lowest BCUT2D eigenvalue weighted by Gasteiger charge is -2.25. The van der Waals surface area contributed by atoms with Crippen molar-refractivity contribution in [2.45, 2.75) is 13.5 Å². The molecule has 1 aliphatic rings. The second kappa shape index (κ2) is 4.87. The van der Waals surface area contributed by atoms with Crippen molar-refractivity contribution in [3.63, 3.8) is 0 Å². The Bertz CT molecular complexity index is 474. The van der Waals surface area contributed by atoms with Crippen molar-refractivity contribution >= 4 is 5.84 Å². The summed E-state index contributed by atoms with van der Waals surface area (Å²) < 4.78 is 5.23. The highest BCUT2D eigenvalue weighted by Crippen LogP contribution is 2.19. The van der Waals surface area contributed by atoms with E-state index in [1.165, 1.54) is 5.56 Å². The van der Waals surface area contributed by atoms with Crippen LogP contribution in [0.25, 0.3) is 0 Å². The van der Waals surface area contributed by atoms with Gasteiger partial charge in [-0.15, -0.1) is 0 Å². The van der Waals surface area contributed by atoms with E-state index in [2.05, 4.69) is 28.6 Å². The molecule has 0 fully saturated rings. The van der Waals surface area contributed by atoms with Crippen molar-refractivity contribution < 1.29 is 4.74 Å². The third-order valence-electron chi connectivity index (χ3n) is 2.69. The number of aliphatic imine (C=N–C) groups is 1. The molecule has 1 aromatic rings. The molecule has 2 rings (SSSR count). The molecule has 0 saturated carbocycles. The molecule has 3 nitrogen and oxygen atoms in total. The van der Waals surface area contributed by atoms with Crippen molar-refractivity contribution in [1.82, 2.24) is 4.90 Å². The van der Waals surface area contributed by atoms with E-state index >= 15 is 0 Å². The summed E-state index contributed by atoms with van der Waals surface area (Å²) in [5.41, 5.74) is 1.91. The number of rotatable bonds is 3. The summed E-state index contributed by atoms with van der Waals surface area (Å²) in [6.45, 7) is 6.61. The predicted octanol–water partition coefficient (Wildman–Crippen LogP) is 2.92. The first-order chi connectivity index (χ1) is 8.20. The first-order valence-electron chi connectivity index (χ1n) is 5.51. The summed E-state index contributed by atoms with van der Waals surface area (Å²) in [6.07, 6.45) is 1.94. The maximum Gasteiger partial charge on any atom is 0.160 e. The van der Waals surface area contributed by atoms with E-state index in [0.29, 0.717) is 11.5 Å². The Morgan fingerprint density at radius 3 is 2.65 bits per heavy atom. The van der Waals surface area contributed by atoms with Gasteiger partial charge in [0.1, 0.15) is 11.5 Å². The largest absolute Gasteiger partial charge is 0.493 e. The molecule has 0 amide bonds. The van der Waals surface area contributed by atoms with Gasteiger partial charge in [-0.3, -0.25) is 0 Å². The molecule has 0 aromatic heterocycles. The molecule has 3 heteroatoms. The van der Waals surface area contributed by atoms with Crippen LogP contribution in [0.5, 0.6) is 0 Å². The van der Waals surface area contributed by atoms with Crippen LogP contribution in [0, 0.1) is 0 Å². The summed E-state index contributed by atoms with van der Waals surface area (Å²) in [5, 5.41) is 0. The van der Waals surface area contributed by atoms with Gasteiger partial charge in [0.15, 0.2) is 5.76 Å². The molecule has 0 aliphatic carbocycles. The van der Waals surface area contributed by atoms with Crippen LogP contribution >= 0.6 is 0 Å². The van der Waals surface area contributed by atoms with Crippen LogP contribution in [0.3, 0.4) is 0 Å². The van der Waals surface area contributed by atoms with Crippen molar-refractivity contribution in [3.05, 3.63) is 60.1 Å². The maximum atomic E-state index is 5.23. The third kappa shape index (κ3) is 2.56. The molecule has 88 valence electrons. The van der Waals surface area contributed by atoms with Crippen molar-refractivity contribution in [2.75, 3.05) is 7.11 Å². The topological polar surface area (TPSA) is 24.8 Å². The Balaban J connectivity index is 2.18. The van der Waals surface area contributed by atoms with Crippen LogP contribution in [-0.2, 0) is 11.3 Å². The molecule has 0 radical (unpaired) electrons. The smallest absolute Gasteiger partial charge is 0.160 e. The lowest BCUT2D eigenvalue weighted by molar-refractivity contribution is 0.287. The minimum absolute atomic E-state index is 0.675. The number of amidine groups is 1. The minimum atomic E-state index is 0.675. The van der Waals surface area contributed by atoms with E-state index in [1.54, 1.807) is 7.11 Å². The van der Waals surface area contributed by atoms with E-state index in [-0.39, 0.29) is 0 Å². The van der Waals surface area contributed by atoms with Crippen LogP contribution in [0.15, 0.2) is 59.6 Å². The molecule has 0 unspecified atom stereocenters. The second-order valence-electron chi connectivity index (χ2n) is 3.92. The van der Waals surface area contributed by atoms with Crippen molar-refractivity contribution in [1.29, 1.82) is 0 Å². The number of hydrogen-bond donors (Lipinski definition) is 0. The Morgan fingerprint density at radius 2 is 2.00 bits per heavy atom. The predicted molar refractivity (Wildman–Crippen MR) is 69.3 cm³/mol. The van der Waals surface area contributed by atoms with Crippen molar-refractivity contribution in [2.24, 2.45) is 4.99 Å². The Hall–Kier alpha value is -2.03. The van der Waals surface area contributed by atoms with Crippen LogP contribution in [0.4, 0.5) is 0 Å². The van der Waals surface area contributed by atoms with E-state index in [9.17, 15) is 0 Å². The second-order valence-corrected chi connectivity index (χ2v) is 3.92. The Morgan fingerprint density at radius 1 is 1.29 bits per heavy atom. The van der Waals surface area contributed by atoms with Gasteiger partial charge in [-0.05, 0) is 12.5 Å². The number of nitrogens with zero attached hydrogens (tertiary/aromatic N) is 2.